The molecule has 2 aromatic carbocycles. The van der Waals surface area contributed by atoms with Crippen molar-refractivity contribution in [1.82, 2.24) is 0 Å². The van der Waals surface area contributed by atoms with Crippen LogP contribution < -0.4 is 0 Å². The number of hydrogen-bond donors (Lipinski definition) is 0. The molecule has 0 aliphatic heterocycles. The average Bonchev–Trinajstić information content (AvgIpc) is 3.01. The van der Waals surface area contributed by atoms with Crippen molar-refractivity contribution >= 4 is 0 Å². The Balaban J connectivity index is 1.89. The fourth-order valence-electron chi connectivity index (χ4n) is 2.73. The molecule has 23 heavy (non-hydrogen) atoms. The second kappa shape index (κ2) is 7.04. The fourth-order valence-corrected chi connectivity index (χ4v) is 2.73. The first-order valence-corrected chi connectivity index (χ1v) is 8.11. The maximum absolute atomic E-state index is 3.37. The number of allylic oxidation sites excluding steroid dienone is 2. The van der Waals surface area contributed by atoms with Crippen LogP contribution in [0.25, 0.3) is 0 Å². The van der Waals surface area contributed by atoms with E-state index in [-0.39, 0.29) is 0 Å². The van der Waals surface area contributed by atoms with Gasteiger partial charge in [-0.3, -0.25) is 0 Å². The second-order valence-corrected chi connectivity index (χ2v) is 5.94. The minimum absolute atomic E-state index is 1.05. The van der Waals surface area contributed by atoms with Gasteiger partial charge in [0.25, 0.3) is 0 Å². The Hall–Kier alpha value is -2.70. The second-order valence-electron chi connectivity index (χ2n) is 5.94. The number of benzene rings is 2. The van der Waals surface area contributed by atoms with Gasteiger partial charge < -0.3 is 0 Å². The van der Waals surface area contributed by atoms with E-state index in [0.717, 1.165) is 30.4 Å². The van der Waals surface area contributed by atoms with Crippen LogP contribution in [0.3, 0.4) is 0 Å². The zero-order valence-corrected chi connectivity index (χ0v) is 13.7. The van der Waals surface area contributed by atoms with Crippen molar-refractivity contribution in [1.29, 1.82) is 0 Å². The molecule has 112 valence electrons. The molecule has 0 saturated carbocycles. The number of aryl methyl sites for hydroxylation is 2. The summed E-state index contributed by atoms with van der Waals surface area (Å²) in [5, 5.41) is 0. The first-order valence-electron chi connectivity index (χ1n) is 8.11. The Morgan fingerprint density at radius 3 is 1.48 bits per heavy atom. The zero-order chi connectivity index (χ0) is 16.1. The minimum Gasteiger partial charge on any atom is -0.0651 e. The molecular weight excluding hydrogens is 276 g/mol. The Labute approximate surface area is 139 Å². The summed E-state index contributed by atoms with van der Waals surface area (Å²) >= 11 is 0. The van der Waals surface area contributed by atoms with Gasteiger partial charge in [-0.1, -0.05) is 60.1 Å². The highest BCUT2D eigenvalue weighted by atomic mass is 14.1. The van der Waals surface area contributed by atoms with Gasteiger partial charge in [-0.25, -0.2) is 0 Å². The minimum atomic E-state index is 1.05. The summed E-state index contributed by atoms with van der Waals surface area (Å²) in [6.45, 7) is 4.21. The monoisotopic (exact) mass is 296 g/mol. The zero-order valence-electron chi connectivity index (χ0n) is 13.7. The van der Waals surface area contributed by atoms with Crippen LogP contribution >= 0.6 is 0 Å². The lowest BCUT2D eigenvalue weighted by molar-refractivity contribution is 0.910. The highest BCUT2D eigenvalue weighted by Gasteiger charge is 2.10. The van der Waals surface area contributed by atoms with Crippen molar-refractivity contribution < 1.29 is 0 Å². The number of hydrogen-bond acceptors (Lipinski definition) is 0. The van der Waals surface area contributed by atoms with E-state index in [2.05, 4.69) is 73.9 Å². The Morgan fingerprint density at radius 1 is 0.609 bits per heavy atom. The van der Waals surface area contributed by atoms with Crippen molar-refractivity contribution in [3.8, 4) is 23.7 Å². The third-order valence-corrected chi connectivity index (χ3v) is 4.20. The average molecular weight is 296 g/mol. The van der Waals surface area contributed by atoms with Crippen LogP contribution in [-0.2, 0) is 0 Å². The van der Waals surface area contributed by atoms with Gasteiger partial charge in [0.05, 0.1) is 0 Å². The molecule has 1 aliphatic rings. The lowest BCUT2D eigenvalue weighted by Crippen LogP contribution is -1.83. The quantitative estimate of drug-likeness (QED) is 0.587. The van der Waals surface area contributed by atoms with Gasteiger partial charge >= 0.3 is 0 Å². The van der Waals surface area contributed by atoms with Gasteiger partial charge in [-0.05, 0) is 56.4 Å². The van der Waals surface area contributed by atoms with Gasteiger partial charge in [0.15, 0.2) is 0 Å². The largest absolute Gasteiger partial charge is 0.0651 e. The summed E-state index contributed by atoms with van der Waals surface area (Å²) in [6, 6.07) is 16.5. The highest BCUT2D eigenvalue weighted by molar-refractivity contribution is 5.53. The molecule has 0 radical (unpaired) electrons. The lowest BCUT2D eigenvalue weighted by Gasteiger charge is -1.97. The van der Waals surface area contributed by atoms with Gasteiger partial charge in [0.2, 0.25) is 0 Å². The standard InChI is InChI=1S/C23H20/c1-18-8-3-5-10-20(18)14-16-22-12-7-13-23(22)17-15-21-11-6-4-9-19(21)2/h3-6,8-11H,7,12-13H2,1-2H3. The molecule has 0 unspecified atom stereocenters. The molecule has 0 heterocycles. The molecule has 1 aliphatic carbocycles. The summed E-state index contributed by atoms with van der Waals surface area (Å²) in [6.07, 6.45) is 3.27. The first kappa shape index (κ1) is 15.2. The van der Waals surface area contributed by atoms with Gasteiger partial charge in [0.1, 0.15) is 0 Å². The maximum Gasteiger partial charge on any atom is 0.0278 e. The molecule has 0 N–H and O–H groups in total. The fraction of sp³-hybridized carbons (Fsp3) is 0.217. The lowest BCUT2D eigenvalue weighted by atomic mass is 10.1. The molecule has 3 rings (SSSR count). The summed E-state index contributed by atoms with van der Waals surface area (Å²) in [7, 11) is 0. The van der Waals surface area contributed by atoms with E-state index in [1.165, 1.54) is 22.3 Å². The predicted molar refractivity (Wildman–Crippen MR) is 97.0 cm³/mol. The van der Waals surface area contributed by atoms with Crippen molar-refractivity contribution in [2.45, 2.75) is 33.1 Å². The molecule has 0 saturated heterocycles. The van der Waals surface area contributed by atoms with Crippen LogP contribution in [0.5, 0.6) is 0 Å². The normalized spacial score (nSPS) is 13.1. The van der Waals surface area contributed by atoms with Crippen molar-refractivity contribution in [3.05, 3.63) is 81.9 Å². The van der Waals surface area contributed by atoms with Gasteiger partial charge in [-0.15, -0.1) is 0 Å². The molecule has 0 bridgehead atoms. The van der Waals surface area contributed by atoms with Crippen LogP contribution in [-0.4, -0.2) is 0 Å². The molecule has 0 spiro atoms. The van der Waals surface area contributed by atoms with E-state index in [0.29, 0.717) is 0 Å². The SMILES string of the molecule is Cc1ccccc1C#CC1=C(C#Cc2ccccc2C)CCC1. The molecule has 0 amide bonds. The third-order valence-electron chi connectivity index (χ3n) is 4.20. The van der Waals surface area contributed by atoms with Crippen LogP contribution in [0.4, 0.5) is 0 Å². The Morgan fingerprint density at radius 2 is 1.04 bits per heavy atom. The van der Waals surface area contributed by atoms with Crippen LogP contribution in [0.2, 0.25) is 0 Å². The first-order chi connectivity index (χ1) is 11.2. The molecule has 0 atom stereocenters. The molecule has 0 nitrogen and oxygen atoms in total. The van der Waals surface area contributed by atoms with E-state index in [4.69, 9.17) is 0 Å². The topological polar surface area (TPSA) is 0 Å². The molecule has 2 aromatic rings. The molecular formula is C23H20. The predicted octanol–water partition coefficient (Wildman–Crippen LogP) is 5.19. The third kappa shape index (κ3) is 3.74. The molecule has 0 fully saturated rings. The van der Waals surface area contributed by atoms with E-state index in [1.54, 1.807) is 0 Å². The summed E-state index contributed by atoms with van der Waals surface area (Å²) in [5.41, 5.74) is 7.11. The number of rotatable bonds is 0. The van der Waals surface area contributed by atoms with Crippen molar-refractivity contribution in [2.75, 3.05) is 0 Å². The maximum atomic E-state index is 3.37. The van der Waals surface area contributed by atoms with E-state index in [9.17, 15) is 0 Å². The van der Waals surface area contributed by atoms with Crippen LogP contribution in [0, 0.1) is 37.5 Å². The summed E-state index contributed by atoms with van der Waals surface area (Å²) in [4.78, 5) is 0. The van der Waals surface area contributed by atoms with E-state index < -0.39 is 0 Å². The summed E-state index contributed by atoms with van der Waals surface area (Å²) in [5.74, 6) is 13.4. The molecule has 0 aromatic heterocycles. The van der Waals surface area contributed by atoms with Gasteiger partial charge in [0, 0.05) is 22.3 Å². The van der Waals surface area contributed by atoms with Gasteiger partial charge in [-0.2, -0.15) is 0 Å². The Kier molecular flexibility index (Phi) is 4.65. The Bertz CT molecular complexity index is 800. The van der Waals surface area contributed by atoms with Crippen LogP contribution in [0.15, 0.2) is 59.7 Å². The van der Waals surface area contributed by atoms with Crippen molar-refractivity contribution in [2.24, 2.45) is 0 Å². The van der Waals surface area contributed by atoms with E-state index >= 15 is 0 Å². The smallest absolute Gasteiger partial charge is 0.0278 e. The summed E-state index contributed by atoms with van der Waals surface area (Å²) < 4.78 is 0. The van der Waals surface area contributed by atoms with Crippen molar-refractivity contribution in [3.63, 3.8) is 0 Å². The highest BCUT2D eigenvalue weighted by Crippen LogP contribution is 2.25. The van der Waals surface area contributed by atoms with Crippen LogP contribution in [0.1, 0.15) is 41.5 Å². The van der Waals surface area contributed by atoms with E-state index in [1.807, 2.05) is 12.1 Å². The molecule has 0 heteroatoms.